The smallest absolute Gasteiger partial charge is 0.129 e. The van der Waals surface area contributed by atoms with E-state index in [2.05, 4.69) is 16.1 Å². The minimum Gasteiger partial charge on any atom is -0.496 e. The number of ether oxygens (including phenoxy) is 1. The molecule has 5 heteroatoms. The van der Waals surface area contributed by atoms with Crippen LogP contribution in [0.4, 0.5) is 5.82 Å². The molecule has 5 nitrogen and oxygen atoms in total. The first-order chi connectivity index (χ1) is 9.02. The molecule has 2 N–H and O–H groups in total. The molecule has 0 atom stereocenters. The summed E-state index contributed by atoms with van der Waals surface area (Å²) in [6.45, 7) is 0.817. The second-order valence-electron chi connectivity index (χ2n) is 4.83. The van der Waals surface area contributed by atoms with Gasteiger partial charge in [0, 0.05) is 24.7 Å². The van der Waals surface area contributed by atoms with Crippen molar-refractivity contribution in [3.8, 4) is 16.9 Å². The first kappa shape index (κ1) is 13.4. The zero-order valence-corrected chi connectivity index (χ0v) is 11.8. The number of nitrogens with two attached hydrogens (primary N) is 1. The Hall–Kier alpha value is -2.01. The van der Waals surface area contributed by atoms with Crippen molar-refractivity contribution in [3.05, 3.63) is 30.0 Å². The van der Waals surface area contributed by atoms with Gasteiger partial charge in [-0.3, -0.25) is 4.68 Å². The highest BCUT2D eigenvalue weighted by molar-refractivity contribution is 5.74. The lowest BCUT2D eigenvalue weighted by Gasteiger charge is -2.14. The van der Waals surface area contributed by atoms with Crippen molar-refractivity contribution >= 4 is 5.82 Å². The molecule has 0 spiro atoms. The molecule has 0 unspecified atom stereocenters. The predicted octanol–water partition coefficient (Wildman–Crippen LogP) is 1.74. The zero-order chi connectivity index (χ0) is 14.0. The molecule has 0 radical (unpaired) electrons. The van der Waals surface area contributed by atoms with Crippen LogP contribution >= 0.6 is 0 Å². The molecular weight excluding hydrogens is 240 g/mol. The number of aromatic nitrogens is 2. The SMILES string of the molecule is COc1ccc(-c2cnn(C)c2N)cc1CN(C)C. The van der Waals surface area contributed by atoms with Crippen molar-refractivity contribution in [2.24, 2.45) is 7.05 Å². The maximum atomic E-state index is 6.02. The van der Waals surface area contributed by atoms with Gasteiger partial charge in [-0.1, -0.05) is 6.07 Å². The van der Waals surface area contributed by atoms with Crippen LogP contribution in [0.15, 0.2) is 24.4 Å². The van der Waals surface area contributed by atoms with Crippen molar-refractivity contribution in [1.29, 1.82) is 0 Å². The lowest BCUT2D eigenvalue weighted by atomic mass is 10.0. The Morgan fingerprint density at radius 3 is 2.63 bits per heavy atom. The van der Waals surface area contributed by atoms with Crippen molar-refractivity contribution in [2.75, 3.05) is 26.9 Å². The Bertz CT molecular complexity index is 575. The normalized spacial score (nSPS) is 11.0. The van der Waals surface area contributed by atoms with Gasteiger partial charge in [0.15, 0.2) is 0 Å². The van der Waals surface area contributed by atoms with E-state index in [1.165, 1.54) is 0 Å². The van der Waals surface area contributed by atoms with E-state index in [1.54, 1.807) is 18.0 Å². The van der Waals surface area contributed by atoms with Crippen LogP contribution in [0.2, 0.25) is 0 Å². The van der Waals surface area contributed by atoms with Crippen LogP contribution in [0, 0.1) is 0 Å². The van der Waals surface area contributed by atoms with Crippen LogP contribution < -0.4 is 10.5 Å². The average molecular weight is 260 g/mol. The lowest BCUT2D eigenvalue weighted by molar-refractivity contribution is 0.372. The van der Waals surface area contributed by atoms with Crippen molar-refractivity contribution < 1.29 is 4.74 Å². The topological polar surface area (TPSA) is 56.3 Å². The highest BCUT2D eigenvalue weighted by Gasteiger charge is 2.11. The monoisotopic (exact) mass is 260 g/mol. The molecule has 1 aromatic heterocycles. The second-order valence-corrected chi connectivity index (χ2v) is 4.83. The van der Waals surface area contributed by atoms with Crippen LogP contribution in [0.5, 0.6) is 5.75 Å². The van der Waals surface area contributed by atoms with Gasteiger partial charge in [-0.25, -0.2) is 0 Å². The molecule has 0 bridgehead atoms. The van der Waals surface area contributed by atoms with Gasteiger partial charge in [0.2, 0.25) is 0 Å². The minimum absolute atomic E-state index is 0.668. The van der Waals surface area contributed by atoms with E-state index in [0.29, 0.717) is 5.82 Å². The maximum Gasteiger partial charge on any atom is 0.129 e. The van der Waals surface area contributed by atoms with Crippen LogP contribution in [0.3, 0.4) is 0 Å². The second kappa shape index (κ2) is 5.32. The third kappa shape index (κ3) is 2.71. The summed E-state index contributed by atoms with van der Waals surface area (Å²) in [4.78, 5) is 2.11. The number of methoxy groups -OCH3 is 1. The molecule has 19 heavy (non-hydrogen) atoms. The van der Waals surface area contributed by atoms with Gasteiger partial charge in [0.05, 0.1) is 13.3 Å². The number of rotatable bonds is 4. The van der Waals surface area contributed by atoms with E-state index in [-0.39, 0.29) is 0 Å². The Morgan fingerprint density at radius 1 is 1.37 bits per heavy atom. The Morgan fingerprint density at radius 2 is 2.11 bits per heavy atom. The Balaban J connectivity index is 2.45. The number of anilines is 1. The molecule has 0 saturated carbocycles. The van der Waals surface area contributed by atoms with Crippen LogP contribution in [0.25, 0.3) is 11.1 Å². The molecule has 0 saturated heterocycles. The standard InChI is InChI=1S/C14H20N4O/c1-17(2)9-11-7-10(5-6-13(11)19-4)12-8-16-18(3)14(12)15/h5-8H,9,15H2,1-4H3. The summed E-state index contributed by atoms with van der Waals surface area (Å²) in [6.07, 6.45) is 1.79. The molecule has 1 aromatic carbocycles. The van der Waals surface area contributed by atoms with Gasteiger partial charge < -0.3 is 15.4 Å². The largest absolute Gasteiger partial charge is 0.496 e. The summed E-state index contributed by atoms with van der Waals surface area (Å²) in [5.74, 6) is 1.56. The summed E-state index contributed by atoms with van der Waals surface area (Å²) >= 11 is 0. The molecule has 0 aliphatic carbocycles. The molecule has 0 amide bonds. The third-order valence-corrected chi connectivity index (χ3v) is 3.06. The minimum atomic E-state index is 0.668. The first-order valence-corrected chi connectivity index (χ1v) is 6.12. The maximum absolute atomic E-state index is 6.02. The van der Waals surface area contributed by atoms with Crippen LogP contribution in [-0.4, -0.2) is 35.9 Å². The fourth-order valence-electron chi connectivity index (χ4n) is 2.08. The number of benzene rings is 1. The summed E-state index contributed by atoms with van der Waals surface area (Å²) < 4.78 is 7.07. The highest BCUT2D eigenvalue weighted by Crippen LogP contribution is 2.30. The third-order valence-electron chi connectivity index (χ3n) is 3.06. The van der Waals surface area contributed by atoms with E-state index < -0.39 is 0 Å². The van der Waals surface area contributed by atoms with Gasteiger partial charge >= 0.3 is 0 Å². The van der Waals surface area contributed by atoms with Crippen molar-refractivity contribution in [1.82, 2.24) is 14.7 Å². The molecule has 0 fully saturated rings. The molecule has 2 rings (SSSR count). The Kier molecular flexibility index (Phi) is 3.76. The molecule has 0 aliphatic heterocycles. The van der Waals surface area contributed by atoms with E-state index in [9.17, 15) is 0 Å². The van der Waals surface area contributed by atoms with Gasteiger partial charge in [-0.2, -0.15) is 5.10 Å². The van der Waals surface area contributed by atoms with Crippen molar-refractivity contribution in [3.63, 3.8) is 0 Å². The highest BCUT2D eigenvalue weighted by atomic mass is 16.5. The van der Waals surface area contributed by atoms with E-state index in [4.69, 9.17) is 10.5 Å². The fourth-order valence-corrected chi connectivity index (χ4v) is 2.08. The van der Waals surface area contributed by atoms with E-state index in [1.807, 2.05) is 33.3 Å². The summed E-state index contributed by atoms with van der Waals surface area (Å²) in [5, 5.41) is 4.18. The summed E-state index contributed by atoms with van der Waals surface area (Å²) in [6, 6.07) is 6.08. The quantitative estimate of drug-likeness (QED) is 0.909. The molecule has 2 aromatic rings. The molecule has 0 aliphatic rings. The number of aryl methyl sites for hydroxylation is 1. The summed E-state index contributed by atoms with van der Waals surface area (Å²) in [5.41, 5.74) is 9.16. The fraction of sp³-hybridized carbons (Fsp3) is 0.357. The zero-order valence-electron chi connectivity index (χ0n) is 11.8. The van der Waals surface area contributed by atoms with Gasteiger partial charge in [-0.15, -0.1) is 0 Å². The number of nitrogen functional groups attached to an aromatic ring is 1. The van der Waals surface area contributed by atoms with Gasteiger partial charge in [-0.05, 0) is 31.8 Å². The Labute approximate surface area is 113 Å². The first-order valence-electron chi connectivity index (χ1n) is 6.12. The summed E-state index contributed by atoms with van der Waals surface area (Å²) in [7, 11) is 7.59. The van der Waals surface area contributed by atoms with Crippen LogP contribution in [-0.2, 0) is 13.6 Å². The van der Waals surface area contributed by atoms with Crippen molar-refractivity contribution in [2.45, 2.75) is 6.54 Å². The molecule has 102 valence electrons. The number of nitrogens with zero attached hydrogens (tertiary/aromatic N) is 3. The van der Waals surface area contributed by atoms with Gasteiger partial charge in [0.1, 0.15) is 11.6 Å². The van der Waals surface area contributed by atoms with E-state index >= 15 is 0 Å². The number of hydrogen-bond donors (Lipinski definition) is 1. The van der Waals surface area contributed by atoms with Crippen LogP contribution in [0.1, 0.15) is 5.56 Å². The molecular formula is C14H20N4O. The number of hydrogen-bond acceptors (Lipinski definition) is 4. The van der Waals surface area contributed by atoms with Gasteiger partial charge in [0.25, 0.3) is 0 Å². The predicted molar refractivity (Wildman–Crippen MR) is 77.0 cm³/mol. The average Bonchev–Trinajstić information content (AvgIpc) is 2.69. The van der Waals surface area contributed by atoms with E-state index in [0.717, 1.165) is 29.0 Å². The lowest BCUT2D eigenvalue weighted by Crippen LogP contribution is -2.11. The molecule has 1 heterocycles.